The van der Waals surface area contributed by atoms with Crippen LogP contribution in [-0.4, -0.2) is 34.6 Å². The van der Waals surface area contributed by atoms with Gasteiger partial charge in [0.2, 0.25) is 11.8 Å². The highest BCUT2D eigenvalue weighted by molar-refractivity contribution is 8.00. The van der Waals surface area contributed by atoms with Crippen molar-refractivity contribution in [1.82, 2.24) is 10.2 Å². The molecule has 2 aromatic rings. The zero-order chi connectivity index (χ0) is 21.3. The van der Waals surface area contributed by atoms with Crippen LogP contribution in [0, 0.1) is 6.92 Å². The quantitative estimate of drug-likeness (QED) is 0.610. The minimum Gasteiger partial charge on any atom is -0.352 e. The lowest BCUT2D eigenvalue weighted by molar-refractivity contribution is -0.139. The summed E-state index contributed by atoms with van der Waals surface area (Å²) in [5.74, 6) is 0.249. The molecule has 1 fully saturated rings. The molecule has 0 aliphatic heterocycles. The molecule has 0 heterocycles. The number of amides is 2. The second-order valence-electron chi connectivity index (χ2n) is 8.13. The number of hydrogen-bond donors (Lipinski definition) is 1. The number of nitrogens with one attached hydrogen (secondary N) is 1. The maximum Gasteiger partial charge on any atom is 0.242 e. The van der Waals surface area contributed by atoms with Gasteiger partial charge in [-0.3, -0.25) is 9.59 Å². The Morgan fingerprint density at radius 3 is 2.37 bits per heavy atom. The molecule has 0 bridgehead atoms. The fourth-order valence-electron chi connectivity index (χ4n) is 3.79. The number of carbonyl (C=O) groups excluding carboxylic acids is 2. The van der Waals surface area contributed by atoms with E-state index in [9.17, 15) is 9.59 Å². The van der Waals surface area contributed by atoms with E-state index >= 15 is 0 Å². The molecule has 0 saturated heterocycles. The van der Waals surface area contributed by atoms with E-state index in [4.69, 9.17) is 0 Å². The van der Waals surface area contributed by atoms with Crippen LogP contribution in [-0.2, 0) is 16.1 Å². The van der Waals surface area contributed by atoms with E-state index in [1.165, 1.54) is 36.6 Å². The lowest BCUT2D eigenvalue weighted by atomic mass is 9.95. The average molecular weight is 425 g/mol. The Labute approximate surface area is 184 Å². The third-order valence-corrected chi connectivity index (χ3v) is 6.69. The smallest absolute Gasteiger partial charge is 0.242 e. The Bertz CT molecular complexity index is 817. The fraction of sp³-hybridized carbons (Fsp3) is 0.440. The second-order valence-corrected chi connectivity index (χ2v) is 9.18. The van der Waals surface area contributed by atoms with E-state index in [0.29, 0.717) is 12.3 Å². The Morgan fingerprint density at radius 2 is 1.70 bits per heavy atom. The molecular formula is C25H32N2O2S. The van der Waals surface area contributed by atoms with E-state index in [-0.39, 0.29) is 17.9 Å². The molecular weight excluding hydrogens is 392 g/mol. The van der Waals surface area contributed by atoms with Crippen LogP contribution in [0.3, 0.4) is 0 Å². The summed E-state index contributed by atoms with van der Waals surface area (Å²) in [5, 5.41) is 3.18. The first-order valence-corrected chi connectivity index (χ1v) is 11.8. The second kappa shape index (κ2) is 11.2. The zero-order valence-electron chi connectivity index (χ0n) is 18.0. The molecule has 4 nitrogen and oxygen atoms in total. The molecule has 0 unspecified atom stereocenters. The van der Waals surface area contributed by atoms with Gasteiger partial charge in [0.1, 0.15) is 6.04 Å². The Hall–Kier alpha value is -2.27. The average Bonchev–Trinajstić information content (AvgIpc) is 2.78. The lowest BCUT2D eigenvalue weighted by Crippen LogP contribution is -2.50. The molecule has 1 atom stereocenters. The zero-order valence-corrected chi connectivity index (χ0v) is 18.8. The van der Waals surface area contributed by atoms with Crippen molar-refractivity contribution in [2.75, 3.05) is 5.75 Å². The summed E-state index contributed by atoms with van der Waals surface area (Å²) < 4.78 is 0. The van der Waals surface area contributed by atoms with Gasteiger partial charge in [-0.2, -0.15) is 0 Å². The number of thioether (sulfide) groups is 1. The maximum atomic E-state index is 13.2. The van der Waals surface area contributed by atoms with Gasteiger partial charge in [-0.25, -0.2) is 0 Å². The first-order valence-electron chi connectivity index (χ1n) is 10.9. The van der Waals surface area contributed by atoms with Gasteiger partial charge in [-0.05, 0) is 44.4 Å². The Balaban J connectivity index is 1.67. The Morgan fingerprint density at radius 1 is 1.03 bits per heavy atom. The molecule has 5 heteroatoms. The van der Waals surface area contributed by atoms with E-state index in [1.807, 2.05) is 56.3 Å². The Kier molecular flexibility index (Phi) is 8.38. The molecule has 1 aliphatic carbocycles. The van der Waals surface area contributed by atoms with Crippen molar-refractivity contribution in [3.8, 4) is 0 Å². The number of rotatable bonds is 8. The molecule has 3 rings (SSSR count). The summed E-state index contributed by atoms with van der Waals surface area (Å²) >= 11 is 1.52. The van der Waals surface area contributed by atoms with Crippen molar-refractivity contribution in [3.05, 3.63) is 65.7 Å². The van der Waals surface area contributed by atoms with Gasteiger partial charge in [0, 0.05) is 17.5 Å². The van der Waals surface area contributed by atoms with Gasteiger partial charge in [0.15, 0.2) is 0 Å². The first kappa shape index (κ1) is 22.4. The summed E-state index contributed by atoms with van der Waals surface area (Å²) in [6.45, 7) is 4.33. The highest BCUT2D eigenvalue weighted by atomic mass is 32.2. The number of benzene rings is 2. The lowest BCUT2D eigenvalue weighted by Gasteiger charge is -2.31. The monoisotopic (exact) mass is 424 g/mol. The molecule has 30 heavy (non-hydrogen) atoms. The molecule has 160 valence electrons. The summed E-state index contributed by atoms with van der Waals surface area (Å²) in [5.41, 5.74) is 2.23. The van der Waals surface area contributed by atoms with Gasteiger partial charge < -0.3 is 10.2 Å². The van der Waals surface area contributed by atoms with E-state index < -0.39 is 6.04 Å². The van der Waals surface area contributed by atoms with Gasteiger partial charge in [0.25, 0.3) is 0 Å². The third kappa shape index (κ3) is 6.63. The van der Waals surface area contributed by atoms with Crippen LogP contribution >= 0.6 is 11.8 Å². The van der Waals surface area contributed by atoms with Gasteiger partial charge >= 0.3 is 0 Å². The van der Waals surface area contributed by atoms with Crippen molar-refractivity contribution in [3.63, 3.8) is 0 Å². The molecule has 0 spiro atoms. The van der Waals surface area contributed by atoms with Crippen LogP contribution in [0.15, 0.2) is 59.5 Å². The molecule has 1 N–H and O–H groups in total. The number of carbonyl (C=O) groups is 2. The largest absolute Gasteiger partial charge is 0.352 e. The van der Waals surface area contributed by atoms with Crippen LogP contribution in [0.5, 0.6) is 0 Å². The topological polar surface area (TPSA) is 49.4 Å². The number of aryl methyl sites for hydroxylation is 1. The van der Waals surface area contributed by atoms with Crippen molar-refractivity contribution in [1.29, 1.82) is 0 Å². The summed E-state index contributed by atoms with van der Waals surface area (Å²) in [6.07, 6.45) is 5.65. The standard InChI is InChI=1S/C25H32N2O2S/c1-19-13-15-23(16-14-19)30-18-24(28)27(17-21-9-5-3-6-10-21)20(2)25(29)26-22-11-7-4-8-12-22/h3,5-6,9-10,13-16,20,22H,4,7-8,11-12,17-18H2,1-2H3,(H,26,29)/t20-/m0/s1. The van der Waals surface area contributed by atoms with E-state index in [0.717, 1.165) is 23.3 Å². The molecule has 1 saturated carbocycles. The molecule has 0 aromatic heterocycles. The summed E-state index contributed by atoms with van der Waals surface area (Å²) in [7, 11) is 0. The van der Waals surface area contributed by atoms with Crippen molar-refractivity contribution >= 4 is 23.6 Å². The van der Waals surface area contributed by atoms with Crippen LogP contribution in [0.25, 0.3) is 0 Å². The van der Waals surface area contributed by atoms with Crippen molar-refractivity contribution in [2.45, 2.75) is 69.5 Å². The van der Waals surface area contributed by atoms with Crippen LogP contribution in [0.2, 0.25) is 0 Å². The van der Waals surface area contributed by atoms with Crippen LogP contribution in [0.4, 0.5) is 0 Å². The minimum absolute atomic E-state index is 0.0178. The maximum absolute atomic E-state index is 13.2. The number of nitrogens with zero attached hydrogens (tertiary/aromatic N) is 1. The van der Waals surface area contributed by atoms with Gasteiger partial charge in [-0.15, -0.1) is 11.8 Å². The predicted molar refractivity (Wildman–Crippen MR) is 123 cm³/mol. The normalized spacial score (nSPS) is 15.4. The number of hydrogen-bond acceptors (Lipinski definition) is 3. The molecule has 2 amide bonds. The van der Waals surface area contributed by atoms with E-state index in [1.54, 1.807) is 4.90 Å². The third-order valence-electron chi connectivity index (χ3n) is 5.70. The molecule has 1 aliphatic rings. The SMILES string of the molecule is Cc1ccc(SCC(=O)N(Cc2ccccc2)[C@@H](C)C(=O)NC2CCCCC2)cc1. The highest BCUT2D eigenvalue weighted by Gasteiger charge is 2.28. The fourth-order valence-corrected chi connectivity index (χ4v) is 4.58. The first-order chi connectivity index (χ1) is 14.5. The minimum atomic E-state index is -0.502. The highest BCUT2D eigenvalue weighted by Crippen LogP contribution is 2.21. The summed E-state index contributed by atoms with van der Waals surface area (Å²) in [6, 6.07) is 17.8. The van der Waals surface area contributed by atoms with Gasteiger partial charge in [-0.1, -0.05) is 67.3 Å². The van der Waals surface area contributed by atoms with Crippen molar-refractivity contribution in [2.24, 2.45) is 0 Å². The molecule has 2 aromatic carbocycles. The molecule has 0 radical (unpaired) electrons. The van der Waals surface area contributed by atoms with Crippen LogP contribution in [0.1, 0.15) is 50.2 Å². The van der Waals surface area contributed by atoms with Crippen LogP contribution < -0.4 is 5.32 Å². The van der Waals surface area contributed by atoms with Gasteiger partial charge in [0.05, 0.1) is 5.75 Å². The van der Waals surface area contributed by atoms with Crippen molar-refractivity contribution < 1.29 is 9.59 Å². The summed E-state index contributed by atoms with van der Waals surface area (Å²) in [4.78, 5) is 28.9. The van der Waals surface area contributed by atoms with E-state index in [2.05, 4.69) is 17.4 Å². The predicted octanol–water partition coefficient (Wildman–Crippen LogP) is 4.95.